The van der Waals surface area contributed by atoms with Crippen molar-refractivity contribution in [3.63, 3.8) is 0 Å². The molecule has 1 amide bonds. The predicted molar refractivity (Wildman–Crippen MR) is 158 cm³/mol. The summed E-state index contributed by atoms with van der Waals surface area (Å²) in [5.41, 5.74) is 1.42. The van der Waals surface area contributed by atoms with Crippen LogP contribution in [-0.2, 0) is 15.3 Å². The molecule has 8 rings (SSSR count). The van der Waals surface area contributed by atoms with Gasteiger partial charge in [0, 0.05) is 40.9 Å². The Labute approximate surface area is 252 Å². The molecule has 0 radical (unpaired) electrons. The van der Waals surface area contributed by atoms with E-state index in [-0.39, 0.29) is 40.8 Å². The number of ether oxygens (including phenoxy) is 2. The third-order valence-corrected chi connectivity index (χ3v) is 11.0. The summed E-state index contributed by atoms with van der Waals surface area (Å²) in [6.07, 6.45) is 4.63. The van der Waals surface area contributed by atoms with Crippen molar-refractivity contribution in [3.05, 3.63) is 93.2 Å². The molecule has 222 valence electrons. The minimum absolute atomic E-state index is 0.00922. The highest BCUT2D eigenvalue weighted by atomic mass is 32.2. The standard InChI is InChI=1S/C33H32FN3O5S/c1-18(2)32(40)41-29-24(38)11-14-36-28(29)31(39)35-15-13-33-12-10-20(42-33)16-22(33)30(35)37(36)27-21-7-3-4-9-25(21)43-17-19-6-5-8-23(34)26(19)27/h3-9,11,14,18,20,22,27,30H,10,12-13,15-17H2,1-2H3/t20-,22+,27+,30+,33-/m0/s1. The zero-order chi connectivity index (χ0) is 29.6. The number of pyridine rings is 1. The van der Waals surface area contributed by atoms with Gasteiger partial charge in [0.1, 0.15) is 18.0 Å². The van der Waals surface area contributed by atoms with Crippen molar-refractivity contribution < 1.29 is 23.5 Å². The van der Waals surface area contributed by atoms with Crippen molar-refractivity contribution in [1.82, 2.24) is 9.58 Å². The molecule has 8 nitrogen and oxygen atoms in total. The molecular formula is C33H32FN3O5S. The first kappa shape index (κ1) is 27.0. The summed E-state index contributed by atoms with van der Waals surface area (Å²) in [7, 11) is 0. The van der Waals surface area contributed by atoms with Gasteiger partial charge in [-0.25, -0.2) is 4.39 Å². The summed E-state index contributed by atoms with van der Waals surface area (Å²) in [5.74, 6) is -1.51. The van der Waals surface area contributed by atoms with E-state index in [4.69, 9.17) is 9.47 Å². The highest BCUT2D eigenvalue weighted by Crippen LogP contribution is 2.57. The first-order chi connectivity index (χ1) is 20.8. The first-order valence-corrected chi connectivity index (χ1v) is 16.0. The molecule has 3 saturated heterocycles. The Balaban J connectivity index is 1.42. The fraction of sp³-hybridized carbons (Fsp3) is 0.424. The maximum Gasteiger partial charge on any atom is 0.313 e. The van der Waals surface area contributed by atoms with Crippen molar-refractivity contribution in [1.29, 1.82) is 0 Å². The summed E-state index contributed by atoms with van der Waals surface area (Å²) in [5, 5.41) is 2.07. The zero-order valence-corrected chi connectivity index (χ0v) is 24.8. The number of esters is 1. The average Bonchev–Trinajstić information content (AvgIpc) is 3.53. The van der Waals surface area contributed by atoms with E-state index >= 15 is 4.39 Å². The van der Waals surface area contributed by atoms with Crippen LogP contribution in [0.5, 0.6) is 5.75 Å². The van der Waals surface area contributed by atoms with Crippen LogP contribution < -0.4 is 15.2 Å². The minimum Gasteiger partial charge on any atom is -0.420 e. The number of amides is 1. The minimum atomic E-state index is -0.632. The van der Waals surface area contributed by atoms with Gasteiger partial charge in [-0.15, -0.1) is 11.8 Å². The lowest BCUT2D eigenvalue weighted by atomic mass is 9.71. The lowest BCUT2D eigenvalue weighted by molar-refractivity contribution is -0.137. The number of thioether (sulfide) groups is 1. The number of carbonyl (C=O) groups is 2. The van der Waals surface area contributed by atoms with E-state index < -0.39 is 29.5 Å². The largest absolute Gasteiger partial charge is 0.420 e. The van der Waals surface area contributed by atoms with Gasteiger partial charge in [-0.3, -0.25) is 24.1 Å². The number of halogens is 1. The third-order valence-electron chi connectivity index (χ3n) is 9.91. The number of benzene rings is 2. The molecule has 43 heavy (non-hydrogen) atoms. The van der Waals surface area contributed by atoms with Crippen LogP contribution in [0.1, 0.15) is 72.8 Å². The Hall–Kier alpha value is -3.63. The van der Waals surface area contributed by atoms with E-state index in [0.29, 0.717) is 24.3 Å². The molecule has 5 aliphatic rings. The van der Waals surface area contributed by atoms with E-state index in [2.05, 4.69) is 11.1 Å². The van der Waals surface area contributed by atoms with Crippen LogP contribution in [0.4, 0.5) is 4.39 Å². The summed E-state index contributed by atoms with van der Waals surface area (Å²) in [4.78, 5) is 43.3. The Bertz CT molecular complexity index is 1740. The molecule has 5 aliphatic heterocycles. The predicted octanol–water partition coefficient (Wildman–Crippen LogP) is 5.01. The van der Waals surface area contributed by atoms with E-state index in [0.717, 1.165) is 35.3 Å². The topological polar surface area (TPSA) is 81.1 Å². The lowest BCUT2D eigenvalue weighted by Gasteiger charge is -2.57. The van der Waals surface area contributed by atoms with Gasteiger partial charge in [-0.2, -0.15) is 0 Å². The van der Waals surface area contributed by atoms with Crippen LogP contribution in [-0.4, -0.2) is 45.9 Å². The zero-order valence-electron chi connectivity index (χ0n) is 24.0. The van der Waals surface area contributed by atoms with Crippen molar-refractivity contribution in [2.24, 2.45) is 11.8 Å². The molecule has 1 aromatic heterocycles. The second-order valence-electron chi connectivity index (χ2n) is 12.5. The summed E-state index contributed by atoms with van der Waals surface area (Å²) in [6.45, 7) is 3.77. The molecule has 2 bridgehead atoms. The van der Waals surface area contributed by atoms with Gasteiger partial charge in [-0.05, 0) is 48.9 Å². The number of rotatable bonds is 3. The Kier molecular flexibility index (Phi) is 6.07. The smallest absolute Gasteiger partial charge is 0.313 e. The van der Waals surface area contributed by atoms with Crippen LogP contribution in [0.3, 0.4) is 0 Å². The van der Waals surface area contributed by atoms with Gasteiger partial charge >= 0.3 is 5.97 Å². The lowest BCUT2D eigenvalue weighted by Crippen LogP contribution is -2.70. The number of carbonyl (C=O) groups excluding carboxylic acids is 2. The number of hydrogen-bond acceptors (Lipinski definition) is 7. The van der Waals surface area contributed by atoms with Gasteiger partial charge in [-0.1, -0.05) is 44.2 Å². The monoisotopic (exact) mass is 601 g/mol. The Morgan fingerprint density at radius 1 is 1.12 bits per heavy atom. The fourth-order valence-corrected chi connectivity index (χ4v) is 9.04. The molecule has 0 unspecified atom stereocenters. The molecular weight excluding hydrogens is 569 g/mol. The van der Waals surface area contributed by atoms with E-state index in [9.17, 15) is 14.4 Å². The Morgan fingerprint density at radius 2 is 1.95 bits per heavy atom. The maximum atomic E-state index is 16.2. The molecule has 0 saturated carbocycles. The van der Waals surface area contributed by atoms with Gasteiger partial charge < -0.3 is 14.4 Å². The molecule has 5 atom stereocenters. The number of nitrogens with zero attached hydrogens (tertiary/aromatic N) is 3. The van der Waals surface area contributed by atoms with Crippen molar-refractivity contribution in [2.45, 2.75) is 74.1 Å². The van der Waals surface area contributed by atoms with E-state index in [1.165, 1.54) is 12.1 Å². The van der Waals surface area contributed by atoms with Crippen LogP contribution >= 0.6 is 11.8 Å². The highest BCUT2D eigenvalue weighted by Gasteiger charge is 2.63. The van der Waals surface area contributed by atoms with E-state index in [1.54, 1.807) is 42.5 Å². The second kappa shape index (κ2) is 9.69. The molecule has 0 aliphatic carbocycles. The van der Waals surface area contributed by atoms with Crippen molar-refractivity contribution in [3.8, 4) is 5.75 Å². The van der Waals surface area contributed by atoms with Gasteiger partial charge in [0.15, 0.2) is 5.69 Å². The van der Waals surface area contributed by atoms with Crippen molar-refractivity contribution in [2.75, 3.05) is 11.6 Å². The normalized spacial score (nSPS) is 28.5. The number of aromatic nitrogens is 1. The molecule has 2 aromatic carbocycles. The molecule has 3 fully saturated rings. The third kappa shape index (κ3) is 3.88. The average molecular weight is 602 g/mol. The number of hydrogen-bond donors (Lipinski definition) is 0. The summed E-state index contributed by atoms with van der Waals surface area (Å²) < 4.78 is 30.1. The Morgan fingerprint density at radius 3 is 2.77 bits per heavy atom. The number of fused-ring (bicyclic) bond motifs is 6. The number of piperidine rings is 1. The SMILES string of the molecule is CC(C)C(=O)Oc1c2n(ccc1=O)N([C@@H]1c3ccccc3SCc3cccc(F)c31)[C@@H]1[C@H]3C[C@@H]4CC[C@@]3(CCN1C2=O)O4. The van der Waals surface area contributed by atoms with Crippen molar-refractivity contribution >= 4 is 23.6 Å². The van der Waals surface area contributed by atoms with Crippen LogP contribution in [0.2, 0.25) is 0 Å². The quantitative estimate of drug-likeness (QED) is 0.391. The molecule has 6 heterocycles. The summed E-state index contributed by atoms with van der Waals surface area (Å²) >= 11 is 1.66. The molecule has 0 N–H and O–H groups in total. The first-order valence-electron chi connectivity index (χ1n) is 15.0. The van der Waals surface area contributed by atoms with Gasteiger partial charge in [0.2, 0.25) is 11.2 Å². The van der Waals surface area contributed by atoms with Crippen LogP contribution in [0, 0.1) is 17.7 Å². The highest BCUT2D eigenvalue weighted by molar-refractivity contribution is 7.98. The molecule has 3 aromatic rings. The second-order valence-corrected chi connectivity index (χ2v) is 13.6. The van der Waals surface area contributed by atoms with E-state index in [1.807, 2.05) is 29.2 Å². The summed E-state index contributed by atoms with van der Waals surface area (Å²) in [6, 6.07) is 13.9. The molecule has 10 heteroatoms. The maximum absolute atomic E-state index is 16.2. The van der Waals surface area contributed by atoms with Crippen LogP contribution in [0.25, 0.3) is 0 Å². The van der Waals surface area contributed by atoms with Gasteiger partial charge in [0.05, 0.1) is 17.6 Å². The van der Waals surface area contributed by atoms with Gasteiger partial charge in [0.25, 0.3) is 5.91 Å². The molecule has 1 spiro atoms. The van der Waals surface area contributed by atoms with Crippen LogP contribution in [0.15, 0.2) is 64.4 Å². The fourth-order valence-electron chi connectivity index (χ4n) is 7.95.